The molecule has 0 aliphatic heterocycles. The number of nitrogens with two attached hydrogens (primary N) is 1. The number of benzene rings is 1. The van der Waals surface area contributed by atoms with Crippen molar-refractivity contribution < 1.29 is 28.6 Å². The second-order valence-corrected chi connectivity index (χ2v) is 4.21. The lowest BCUT2D eigenvalue weighted by Gasteiger charge is -2.14. The summed E-state index contributed by atoms with van der Waals surface area (Å²) in [6.45, 7) is -0.425. The predicted octanol–water partition coefficient (Wildman–Crippen LogP) is 0.0394. The summed E-state index contributed by atoms with van der Waals surface area (Å²) in [4.78, 5) is 33.1. The highest BCUT2D eigenvalue weighted by Crippen LogP contribution is 2.10. The van der Waals surface area contributed by atoms with Gasteiger partial charge in [-0.15, -0.1) is 0 Å². The molecule has 114 valence electrons. The van der Waals surface area contributed by atoms with Gasteiger partial charge in [-0.2, -0.15) is 0 Å². The summed E-state index contributed by atoms with van der Waals surface area (Å²) in [5.74, 6) is -2.76. The Balaban J connectivity index is 2.44. The molecule has 0 fully saturated rings. The highest BCUT2D eigenvalue weighted by Gasteiger charge is 2.20. The van der Waals surface area contributed by atoms with Crippen LogP contribution < -0.4 is 15.8 Å². The SMILES string of the molecule is NC(=O)CC[C@@H](NC(=O)COc1ccc(F)cc1)C(=O)O. The summed E-state index contributed by atoms with van der Waals surface area (Å²) in [6.07, 6.45) is -0.261. The predicted molar refractivity (Wildman–Crippen MR) is 69.9 cm³/mol. The number of rotatable bonds is 8. The molecule has 8 heteroatoms. The lowest BCUT2D eigenvalue weighted by Crippen LogP contribution is -2.43. The zero-order valence-electron chi connectivity index (χ0n) is 11.0. The summed E-state index contributed by atoms with van der Waals surface area (Å²) >= 11 is 0. The first-order valence-electron chi connectivity index (χ1n) is 6.07. The quantitative estimate of drug-likeness (QED) is 0.626. The zero-order chi connectivity index (χ0) is 15.8. The molecule has 0 spiro atoms. The Hall–Kier alpha value is -2.64. The van der Waals surface area contributed by atoms with E-state index in [2.05, 4.69) is 5.32 Å². The molecule has 0 radical (unpaired) electrons. The van der Waals surface area contributed by atoms with Crippen LogP contribution in [-0.4, -0.2) is 35.5 Å². The van der Waals surface area contributed by atoms with E-state index in [0.717, 1.165) is 0 Å². The van der Waals surface area contributed by atoms with E-state index in [1.54, 1.807) is 0 Å². The summed E-state index contributed by atoms with van der Waals surface area (Å²) in [5.41, 5.74) is 4.92. The Morgan fingerprint density at radius 1 is 1.29 bits per heavy atom. The smallest absolute Gasteiger partial charge is 0.326 e. The normalized spacial score (nSPS) is 11.5. The van der Waals surface area contributed by atoms with E-state index in [-0.39, 0.29) is 18.6 Å². The number of amides is 2. The third-order valence-electron chi connectivity index (χ3n) is 2.50. The maximum Gasteiger partial charge on any atom is 0.326 e. The molecule has 0 aliphatic carbocycles. The van der Waals surface area contributed by atoms with Crippen molar-refractivity contribution in [2.24, 2.45) is 5.73 Å². The third-order valence-corrected chi connectivity index (χ3v) is 2.50. The Morgan fingerprint density at radius 3 is 2.43 bits per heavy atom. The second kappa shape index (κ2) is 7.83. The van der Waals surface area contributed by atoms with E-state index >= 15 is 0 Å². The number of aliphatic carboxylic acids is 1. The van der Waals surface area contributed by atoms with Crippen LogP contribution in [-0.2, 0) is 14.4 Å². The van der Waals surface area contributed by atoms with Crippen molar-refractivity contribution in [2.75, 3.05) is 6.61 Å². The van der Waals surface area contributed by atoms with Crippen LogP contribution in [0.15, 0.2) is 24.3 Å². The zero-order valence-corrected chi connectivity index (χ0v) is 11.0. The summed E-state index contributed by atoms with van der Waals surface area (Å²) in [7, 11) is 0. The topological polar surface area (TPSA) is 119 Å². The number of halogens is 1. The molecular formula is C13H15FN2O5. The minimum Gasteiger partial charge on any atom is -0.484 e. The summed E-state index contributed by atoms with van der Waals surface area (Å²) in [6, 6.07) is 3.79. The number of carbonyl (C=O) groups excluding carboxylic acids is 2. The number of primary amides is 1. The number of hydrogen-bond acceptors (Lipinski definition) is 4. The van der Waals surface area contributed by atoms with Crippen LogP contribution >= 0.6 is 0 Å². The van der Waals surface area contributed by atoms with Gasteiger partial charge in [-0.3, -0.25) is 9.59 Å². The van der Waals surface area contributed by atoms with Gasteiger partial charge in [0.15, 0.2) is 6.61 Å². The van der Waals surface area contributed by atoms with Crippen molar-refractivity contribution in [3.8, 4) is 5.75 Å². The van der Waals surface area contributed by atoms with Crippen LogP contribution in [0, 0.1) is 5.82 Å². The van der Waals surface area contributed by atoms with Gasteiger partial charge in [-0.25, -0.2) is 9.18 Å². The molecule has 1 atom stereocenters. The number of carboxylic acid groups (broad SMARTS) is 1. The van der Waals surface area contributed by atoms with Crippen LogP contribution in [0.2, 0.25) is 0 Å². The molecule has 1 aromatic carbocycles. The number of nitrogens with one attached hydrogen (secondary N) is 1. The van der Waals surface area contributed by atoms with Crippen molar-refractivity contribution >= 4 is 17.8 Å². The lowest BCUT2D eigenvalue weighted by atomic mass is 10.1. The van der Waals surface area contributed by atoms with Gasteiger partial charge >= 0.3 is 5.97 Å². The van der Waals surface area contributed by atoms with Crippen LogP contribution in [0.3, 0.4) is 0 Å². The molecule has 0 bridgehead atoms. The summed E-state index contributed by atoms with van der Waals surface area (Å²) < 4.78 is 17.7. The maximum atomic E-state index is 12.7. The van der Waals surface area contributed by atoms with Gasteiger partial charge < -0.3 is 20.9 Å². The van der Waals surface area contributed by atoms with E-state index < -0.39 is 36.2 Å². The standard InChI is InChI=1S/C13H15FN2O5/c14-8-1-3-9(4-2-8)21-7-12(18)16-10(13(19)20)5-6-11(15)17/h1-4,10H,5-7H2,(H2,15,17)(H,16,18)(H,19,20)/t10-/m1/s1. The molecular weight excluding hydrogens is 283 g/mol. The molecule has 21 heavy (non-hydrogen) atoms. The van der Waals surface area contributed by atoms with Crippen molar-refractivity contribution in [3.05, 3.63) is 30.1 Å². The number of carboxylic acids is 1. The fourth-order valence-electron chi connectivity index (χ4n) is 1.46. The van der Waals surface area contributed by atoms with Gasteiger partial charge in [-0.1, -0.05) is 0 Å². The molecule has 7 nitrogen and oxygen atoms in total. The number of hydrogen-bond donors (Lipinski definition) is 3. The fraction of sp³-hybridized carbons (Fsp3) is 0.308. The fourth-order valence-corrected chi connectivity index (χ4v) is 1.46. The first kappa shape index (κ1) is 16.4. The van der Waals surface area contributed by atoms with Gasteiger partial charge in [0.2, 0.25) is 5.91 Å². The first-order chi connectivity index (χ1) is 9.88. The van der Waals surface area contributed by atoms with Crippen molar-refractivity contribution in [2.45, 2.75) is 18.9 Å². The van der Waals surface area contributed by atoms with E-state index in [1.165, 1.54) is 24.3 Å². The average molecular weight is 298 g/mol. The van der Waals surface area contributed by atoms with Crippen LogP contribution in [0.1, 0.15) is 12.8 Å². The molecule has 1 rings (SSSR count). The molecule has 0 unspecified atom stereocenters. The molecule has 0 aliphatic rings. The lowest BCUT2D eigenvalue weighted by molar-refractivity contribution is -0.142. The molecule has 2 amide bonds. The minimum absolute atomic E-state index is 0.104. The maximum absolute atomic E-state index is 12.7. The average Bonchev–Trinajstić information content (AvgIpc) is 2.42. The van der Waals surface area contributed by atoms with Crippen molar-refractivity contribution in [3.63, 3.8) is 0 Å². The Labute approximate surface area is 119 Å². The third kappa shape index (κ3) is 6.37. The molecule has 0 saturated heterocycles. The van der Waals surface area contributed by atoms with E-state index in [1.807, 2.05) is 0 Å². The van der Waals surface area contributed by atoms with Gasteiger partial charge in [0.25, 0.3) is 5.91 Å². The van der Waals surface area contributed by atoms with Crippen LogP contribution in [0.5, 0.6) is 5.75 Å². The van der Waals surface area contributed by atoms with Crippen LogP contribution in [0.25, 0.3) is 0 Å². The first-order valence-corrected chi connectivity index (χ1v) is 6.07. The Morgan fingerprint density at radius 2 is 1.90 bits per heavy atom. The van der Waals surface area contributed by atoms with Crippen LogP contribution in [0.4, 0.5) is 4.39 Å². The molecule has 1 aromatic rings. The molecule has 0 aromatic heterocycles. The molecule has 0 heterocycles. The molecule has 4 N–H and O–H groups in total. The largest absolute Gasteiger partial charge is 0.484 e. The summed E-state index contributed by atoms with van der Waals surface area (Å²) in [5, 5.41) is 11.1. The number of ether oxygens (including phenoxy) is 1. The Kier molecular flexibility index (Phi) is 6.12. The second-order valence-electron chi connectivity index (χ2n) is 4.21. The Bertz CT molecular complexity index is 518. The highest BCUT2D eigenvalue weighted by atomic mass is 19.1. The van der Waals surface area contributed by atoms with E-state index in [4.69, 9.17) is 15.6 Å². The van der Waals surface area contributed by atoms with Crippen molar-refractivity contribution in [1.29, 1.82) is 0 Å². The minimum atomic E-state index is -1.27. The van der Waals surface area contributed by atoms with Gasteiger partial charge in [-0.05, 0) is 30.7 Å². The highest BCUT2D eigenvalue weighted by molar-refractivity contribution is 5.85. The van der Waals surface area contributed by atoms with Crippen molar-refractivity contribution in [1.82, 2.24) is 5.32 Å². The van der Waals surface area contributed by atoms with Gasteiger partial charge in [0.1, 0.15) is 17.6 Å². The van der Waals surface area contributed by atoms with Gasteiger partial charge in [0, 0.05) is 6.42 Å². The number of carbonyl (C=O) groups is 3. The molecule has 0 saturated carbocycles. The van der Waals surface area contributed by atoms with E-state index in [9.17, 15) is 18.8 Å². The van der Waals surface area contributed by atoms with Gasteiger partial charge in [0.05, 0.1) is 0 Å². The monoisotopic (exact) mass is 298 g/mol. The van der Waals surface area contributed by atoms with E-state index in [0.29, 0.717) is 0 Å².